The number of rotatable bonds is 2. The van der Waals surface area contributed by atoms with Crippen molar-refractivity contribution in [2.45, 2.75) is 10.1 Å². The summed E-state index contributed by atoms with van der Waals surface area (Å²) in [6.45, 7) is 0. The summed E-state index contributed by atoms with van der Waals surface area (Å²) in [6.07, 6.45) is 1.66. The molecule has 0 spiro atoms. The fourth-order valence-electron chi connectivity index (χ4n) is 1.05. The first-order valence-corrected chi connectivity index (χ1v) is 5.94. The van der Waals surface area contributed by atoms with E-state index in [1.165, 1.54) is 11.8 Å². The minimum absolute atomic E-state index is 0.392. The van der Waals surface area contributed by atoms with Gasteiger partial charge in [0.15, 0.2) is 0 Å². The summed E-state index contributed by atoms with van der Waals surface area (Å²) in [4.78, 5) is 8.25. The number of halogens is 2. The van der Waals surface area contributed by atoms with Gasteiger partial charge in [-0.25, -0.2) is 9.97 Å². The van der Waals surface area contributed by atoms with Crippen molar-refractivity contribution in [1.29, 1.82) is 0 Å². The number of aromatic nitrogens is 2. The number of nitrogens with zero attached hydrogens (tertiary/aromatic N) is 2. The van der Waals surface area contributed by atoms with Gasteiger partial charge in [-0.1, -0.05) is 23.2 Å². The van der Waals surface area contributed by atoms with Gasteiger partial charge in [0.05, 0.1) is 10.7 Å². The Morgan fingerprint density at radius 2 is 1.94 bits per heavy atom. The van der Waals surface area contributed by atoms with Crippen molar-refractivity contribution in [1.82, 2.24) is 9.97 Å². The van der Waals surface area contributed by atoms with Crippen molar-refractivity contribution < 1.29 is 0 Å². The van der Waals surface area contributed by atoms with Crippen LogP contribution >= 0.6 is 35.0 Å². The summed E-state index contributed by atoms with van der Waals surface area (Å²) in [5, 5.41) is 2.22. The Labute approximate surface area is 107 Å². The molecular weight excluding hydrogens is 265 g/mol. The Kier molecular flexibility index (Phi) is 3.53. The van der Waals surface area contributed by atoms with Crippen molar-refractivity contribution in [3.8, 4) is 0 Å². The predicted octanol–water partition coefficient (Wildman–Crippen LogP) is 3.52. The topological polar surface area (TPSA) is 51.8 Å². The van der Waals surface area contributed by atoms with E-state index >= 15 is 0 Å². The van der Waals surface area contributed by atoms with E-state index < -0.39 is 0 Å². The van der Waals surface area contributed by atoms with Gasteiger partial charge in [0.25, 0.3) is 0 Å². The van der Waals surface area contributed by atoms with Crippen molar-refractivity contribution in [3.05, 3.63) is 40.6 Å². The third kappa shape index (κ3) is 2.58. The largest absolute Gasteiger partial charge is 0.397 e. The molecule has 82 valence electrons. The van der Waals surface area contributed by atoms with Crippen LogP contribution in [0.2, 0.25) is 10.2 Å². The van der Waals surface area contributed by atoms with E-state index in [1.807, 2.05) is 0 Å². The van der Waals surface area contributed by atoms with E-state index in [1.54, 1.807) is 30.5 Å². The highest BCUT2D eigenvalue weighted by molar-refractivity contribution is 7.99. The fraction of sp³-hybridized carbons (Fsp3) is 0. The van der Waals surface area contributed by atoms with Crippen LogP contribution in [0.4, 0.5) is 5.69 Å². The summed E-state index contributed by atoms with van der Waals surface area (Å²) < 4.78 is 0. The standard InChI is InChI=1S/C10H7Cl2N3S/c11-6-2-1-5-14-9(6)16-10-7(13)3-4-8(12)15-10/h1-5H,13H2. The summed E-state index contributed by atoms with van der Waals surface area (Å²) >= 11 is 13.1. The van der Waals surface area contributed by atoms with Gasteiger partial charge in [-0.2, -0.15) is 0 Å². The minimum atomic E-state index is 0.392. The molecule has 0 saturated heterocycles. The molecule has 0 aromatic carbocycles. The minimum Gasteiger partial charge on any atom is -0.397 e. The maximum Gasteiger partial charge on any atom is 0.130 e. The van der Waals surface area contributed by atoms with Crippen LogP contribution in [-0.2, 0) is 0 Å². The van der Waals surface area contributed by atoms with Crippen LogP contribution in [0, 0.1) is 0 Å². The van der Waals surface area contributed by atoms with Crippen LogP contribution in [0.3, 0.4) is 0 Å². The summed E-state index contributed by atoms with van der Waals surface area (Å²) in [7, 11) is 0. The second-order valence-electron chi connectivity index (χ2n) is 2.92. The molecule has 0 aliphatic heterocycles. The molecule has 2 rings (SSSR count). The third-order valence-electron chi connectivity index (χ3n) is 1.77. The third-order valence-corrected chi connectivity index (χ3v) is 3.44. The van der Waals surface area contributed by atoms with E-state index in [4.69, 9.17) is 28.9 Å². The highest BCUT2D eigenvalue weighted by atomic mass is 35.5. The molecular formula is C10H7Cl2N3S. The SMILES string of the molecule is Nc1ccc(Cl)nc1Sc1ncccc1Cl. The van der Waals surface area contributed by atoms with E-state index in [-0.39, 0.29) is 0 Å². The molecule has 16 heavy (non-hydrogen) atoms. The van der Waals surface area contributed by atoms with Crippen LogP contribution in [0.15, 0.2) is 40.5 Å². The maximum absolute atomic E-state index is 5.98. The molecule has 2 N–H and O–H groups in total. The molecule has 6 heteroatoms. The lowest BCUT2D eigenvalue weighted by Gasteiger charge is -2.04. The lowest BCUT2D eigenvalue weighted by molar-refractivity contribution is 1.10. The summed E-state index contributed by atoms with van der Waals surface area (Å²) in [5.41, 5.74) is 6.33. The molecule has 0 saturated carbocycles. The van der Waals surface area contributed by atoms with Gasteiger partial charge in [0, 0.05) is 6.20 Å². The van der Waals surface area contributed by atoms with Gasteiger partial charge < -0.3 is 5.73 Å². The van der Waals surface area contributed by atoms with E-state index in [9.17, 15) is 0 Å². The molecule has 0 aliphatic carbocycles. The molecule has 0 atom stereocenters. The van der Waals surface area contributed by atoms with Crippen LogP contribution in [0.1, 0.15) is 0 Å². The van der Waals surface area contributed by atoms with Gasteiger partial charge >= 0.3 is 0 Å². The zero-order chi connectivity index (χ0) is 11.5. The highest BCUT2D eigenvalue weighted by Crippen LogP contribution is 2.33. The maximum atomic E-state index is 5.98. The first-order chi connectivity index (χ1) is 7.66. The van der Waals surface area contributed by atoms with Crippen LogP contribution in [0.5, 0.6) is 0 Å². The van der Waals surface area contributed by atoms with Crippen LogP contribution < -0.4 is 5.73 Å². The number of hydrogen-bond acceptors (Lipinski definition) is 4. The van der Waals surface area contributed by atoms with Crippen molar-refractivity contribution in [2.24, 2.45) is 0 Å². The number of hydrogen-bond donors (Lipinski definition) is 1. The Morgan fingerprint density at radius 1 is 1.12 bits per heavy atom. The zero-order valence-electron chi connectivity index (χ0n) is 8.02. The van der Waals surface area contributed by atoms with Crippen molar-refractivity contribution in [2.75, 3.05) is 5.73 Å². The van der Waals surface area contributed by atoms with Gasteiger partial charge in [-0.05, 0) is 36.0 Å². The molecule has 0 bridgehead atoms. The second-order valence-corrected chi connectivity index (χ2v) is 4.69. The molecule has 0 radical (unpaired) electrons. The normalized spacial score (nSPS) is 10.4. The number of nitrogen functional groups attached to an aromatic ring is 1. The first-order valence-electron chi connectivity index (χ1n) is 4.37. The zero-order valence-corrected chi connectivity index (χ0v) is 10.4. The molecule has 3 nitrogen and oxygen atoms in total. The average Bonchev–Trinajstić information content (AvgIpc) is 2.27. The Hall–Kier alpha value is -0.970. The highest BCUT2D eigenvalue weighted by Gasteiger charge is 2.08. The lowest BCUT2D eigenvalue weighted by atomic mass is 10.4. The predicted molar refractivity (Wildman–Crippen MR) is 67.0 cm³/mol. The van der Waals surface area contributed by atoms with E-state index in [2.05, 4.69) is 9.97 Å². The van der Waals surface area contributed by atoms with E-state index in [0.29, 0.717) is 25.9 Å². The molecule has 2 aromatic rings. The summed E-state index contributed by atoms with van der Waals surface area (Å²) in [6, 6.07) is 6.87. The van der Waals surface area contributed by atoms with Crippen molar-refractivity contribution in [3.63, 3.8) is 0 Å². The smallest absolute Gasteiger partial charge is 0.130 e. The van der Waals surface area contributed by atoms with Gasteiger partial charge in [-0.3, -0.25) is 0 Å². The average molecular weight is 272 g/mol. The number of pyridine rings is 2. The molecule has 2 heterocycles. The van der Waals surface area contributed by atoms with Gasteiger partial charge in [-0.15, -0.1) is 0 Å². The second kappa shape index (κ2) is 4.91. The quantitative estimate of drug-likeness (QED) is 0.850. The molecule has 0 aliphatic rings. The van der Waals surface area contributed by atoms with Gasteiger partial charge in [0.2, 0.25) is 0 Å². The Bertz CT molecular complexity index is 519. The molecule has 2 aromatic heterocycles. The molecule has 0 fully saturated rings. The first kappa shape index (κ1) is 11.5. The molecule has 0 unspecified atom stereocenters. The molecule has 0 amide bonds. The van der Waals surface area contributed by atoms with Crippen LogP contribution in [-0.4, -0.2) is 9.97 Å². The Balaban J connectivity index is 2.34. The van der Waals surface area contributed by atoms with E-state index in [0.717, 1.165) is 0 Å². The monoisotopic (exact) mass is 271 g/mol. The number of anilines is 1. The lowest BCUT2D eigenvalue weighted by Crippen LogP contribution is -1.92. The summed E-state index contributed by atoms with van der Waals surface area (Å²) in [5.74, 6) is 0. The van der Waals surface area contributed by atoms with Crippen LogP contribution in [0.25, 0.3) is 0 Å². The fourth-order valence-corrected chi connectivity index (χ4v) is 2.28. The number of nitrogens with two attached hydrogens (primary N) is 1. The Morgan fingerprint density at radius 3 is 2.69 bits per heavy atom. The van der Waals surface area contributed by atoms with Crippen molar-refractivity contribution >= 4 is 40.7 Å². The van der Waals surface area contributed by atoms with Gasteiger partial charge in [0.1, 0.15) is 15.2 Å².